The van der Waals surface area contributed by atoms with Gasteiger partial charge in [-0.05, 0) is 24.3 Å². The molecule has 0 radical (unpaired) electrons. The molecule has 0 aromatic heterocycles. The molecule has 1 aromatic rings. The normalized spacial score (nSPS) is 25.8. The Hall–Kier alpha value is -1.34. The fraction of sp³-hybridized carbons (Fsp3) is 0.600. The van der Waals surface area contributed by atoms with Gasteiger partial charge in [-0.2, -0.15) is 0 Å². The van der Waals surface area contributed by atoms with E-state index < -0.39 is 36.5 Å². The number of unbranched alkanes of at least 4 members (excludes halogenated alkanes) is 1. The third kappa shape index (κ3) is 7.07. The molecular formula is C20H30N2O7S2. The van der Waals surface area contributed by atoms with Crippen LogP contribution in [0.15, 0.2) is 21.9 Å². The number of amides is 2. The first-order valence-electron chi connectivity index (χ1n) is 10.0. The van der Waals surface area contributed by atoms with Crippen molar-refractivity contribution in [2.45, 2.75) is 73.3 Å². The number of carbonyl (C=O) groups is 2. The predicted octanol–water partition coefficient (Wildman–Crippen LogP) is 1.39. The van der Waals surface area contributed by atoms with E-state index in [2.05, 4.69) is 17.6 Å². The summed E-state index contributed by atoms with van der Waals surface area (Å²) in [5.74, 6) is 0.253. The van der Waals surface area contributed by atoms with Crippen molar-refractivity contribution in [3.05, 3.63) is 12.1 Å². The van der Waals surface area contributed by atoms with Crippen molar-refractivity contribution in [1.82, 2.24) is 0 Å². The third-order valence-corrected chi connectivity index (χ3v) is 6.91. The number of anilines is 2. The largest absolute Gasteiger partial charge is 0.394 e. The summed E-state index contributed by atoms with van der Waals surface area (Å²) in [4.78, 5) is 24.7. The second-order valence-electron chi connectivity index (χ2n) is 7.22. The van der Waals surface area contributed by atoms with Gasteiger partial charge in [0.1, 0.15) is 29.9 Å². The van der Waals surface area contributed by atoms with Crippen LogP contribution in [-0.4, -0.2) is 74.5 Å². The molecule has 1 fully saturated rings. The first kappa shape index (κ1) is 25.9. The summed E-state index contributed by atoms with van der Waals surface area (Å²) in [5.41, 5.74) is -0.0447. The molecule has 2 rings (SSSR count). The molecule has 0 aliphatic carbocycles. The lowest BCUT2D eigenvalue weighted by Gasteiger charge is -2.39. The molecule has 1 aliphatic heterocycles. The van der Waals surface area contributed by atoms with Gasteiger partial charge < -0.3 is 35.8 Å². The number of aliphatic hydroxyl groups is 4. The number of nitrogens with one attached hydrogen (secondary N) is 2. The zero-order valence-electron chi connectivity index (χ0n) is 17.7. The minimum atomic E-state index is -1.50. The van der Waals surface area contributed by atoms with Crippen molar-refractivity contribution < 1.29 is 34.8 Å². The number of aliphatic hydroxyl groups excluding tert-OH is 4. The lowest BCUT2D eigenvalue weighted by atomic mass is 10.0. The first-order valence-corrected chi connectivity index (χ1v) is 11.9. The third-order valence-electron chi connectivity index (χ3n) is 4.55. The van der Waals surface area contributed by atoms with Gasteiger partial charge in [0, 0.05) is 23.6 Å². The molecule has 6 N–H and O–H groups in total. The Bertz CT molecular complexity index is 778. The average Bonchev–Trinajstić information content (AvgIpc) is 2.70. The highest BCUT2D eigenvalue weighted by molar-refractivity contribution is 8.00. The summed E-state index contributed by atoms with van der Waals surface area (Å²) in [6.45, 7) is 4.30. The first-order chi connectivity index (χ1) is 14.7. The van der Waals surface area contributed by atoms with Crippen molar-refractivity contribution >= 4 is 46.7 Å². The Morgan fingerprint density at radius 3 is 2.16 bits per heavy atom. The predicted molar refractivity (Wildman–Crippen MR) is 120 cm³/mol. The van der Waals surface area contributed by atoms with Gasteiger partial charge in [0.05, 0.1) is 18.0 Å². The molecule has 1 aromatic carbocycles. The summed E-state index contributed by atoms with van der Waals surface area (Å²) < 4.78 is 5.59. The summed E-state index contributed by atoms with van der Waals surface area (Å²) >= 11 is 2.60. The molecule has 0 spiro atoms. The molecule has 5 atom stereocenters. The number of ether oxygens (including phenoxy) is 1. The molecule has 11 heteroatoms. The quantitative estimate of drug-likeness (QED) is 0.231. The fourth-order valence-electron chi connectivity index (χ4n) is 2.97. The minimum absolute atomic E-state index is 0.250. The molecule has 174 valence electrons. The van der Waals surface area contributed by atoms with Crippen LogP contribution in [-0.2, 0) is 14.3 Å². The number of hydrogen-bond acceptors (Lipinski definition) is 9. The van der Waals surface area contributed by atoms with Crippen LogP contribution in [0.25, 0.3) is 0 Å². The summed E-state index contributed by atoms with van der Waals surface area (Å²) in [5, 5.41) is 45.4. The Morgan fingerprint density at radius 2 is 1.61 bits per heavy atom. The summed E-state index contributed by atoms with van der Waals surface area (Å²) in [6.07, 6.45) is -3.40. The van der Waals surface area contributed by atoms with Crippen LogP contribution >= 0.6 is 23.5 Å². The maximum absolute atomic E-state index is 11.7. The highest BCUT2D eigenvalue weighted by atomic mass is 32.2. The number of benzene rings is 1. The van der Waals surface area contributed by atoms with Crippen LogP contribution in [0.2, 0.25) is 0 Å². The summed E-state index contributed by atoms with van der Waals surface area (Å²) in [6, 6.07) is 3.42. The molecule has 1 heterocycles. The number of carbonyl (C=O) groups excluding carboxylic acids is 2. The lowest BCUT2D eigenvalue weighted by molar-refractivity contribution is -0.205. The fourth-order valence-corrected chi connectivity index (χ4v) is 5.34. The van der Waals surface area contributed by atoms with Gasteiger partial charge in [-0.3, -0.25) is 9.59 Å². The van der Waals surface area contributed by atoms with Crippen molar-refractivity contribution in [2.75, 3.05) is 23.0 Å². The lowest BCUT2D eigenvalue weighted by Crippen LogP contribution is -2.57. The van der Waals surface area contributed by atoms with Gasteiger partial charge in [0.25, 0.3) is 0 Å². The van der Waals surface area contributed by atoms with E-state index in [4.69, 9.17) is 4.74 Å². The zero-order valence-corrected chi connectivity index (χ0v) is 19.3. The molecule has 31 heavy (non-hydrogen) atoms. The van der Waals surface area contributed by atoms with E-state index >= 15 is 0 Å². The van der Waals surface area contributed by atoms with E-state index in [0.29, 0.717) is 16.3 Å². The van der Waals surface area contributed by atoms with Crippen molar-refractivity contribution in [2.24, 2.45) is 0 Å². The molecule has 0 unspecified atom stereocenters. The smallest absolute Gasteiger partial charge is 0.221 e. The monoisotopic (exact) mass is 474 g/mol. The molecular weight excluding hydrogens is 444 g/mol. The van der Waals surface area contributed by atoms with Crippen molar-refractivity contribution in [3.8, 4) is 0 Å². The van der Waals surface area contributed by atoms with Crippen molar-refractivity contribution in [3.63, 3.8) is 0 Å². The summed E-state index contributed by atoms with van der Waals surface area (Å²) in [7, 11) is 0. The van der Waals surface area contributed by atoms with E-state index in [-0.39, 0.29) is 11.8 Å². The number of rotatable bonds is 9. The van der Waals surface area contributed by atoms with Crippen LogP contribution in [0.5, 0.6) is 0 Å². The Kier molecular flexibility index (Phi) is 10.1. The molecule has 9 nitrogen and oxygen atoms in total. The molecule has 2 amide bonds. The molecule has 0 bridgehead atoms. The van der Waals surface area contributed by atoms with Crippen LogP contribution in [0, 0.1) is 0 Å². The maximum Gasteiger partial charge on any atom is 0.221 e. The second kappa shape index (κ2) is 12.0. The SMILES string of the molecule is CCCCSc1cc(S[C@@H]2O[C@H](CO)[C@H](O)[C@H](O)[C@H]2O)c(NC(C)=O)cc1NC(C)=O. The van der Waals surface area contributed by atoms with Crippen LogP contribution in [0.4, 0.5) is 11.4 Å². The molecule has 1 aliphatic rings. The molecule has 0 saturated carbocycles. The van der Waals surface area contributed by atoms with E-state index in [0.717, 1.165) is 35.3 Å². The van der Waals surface area contributed by atoms with E-state index in [1.54, 1.807) is 23.9 Å². The van der Waals surface area contributed by atoms with Gasteiger partial charge in [-0.1, -0.05) is 25.1 Å². The Balaban J connectivity index is 2.41. The zero-order chi connectivity index (χ0) is 23.1. The van der Waals surface area contributed by atoms with Crippen LogP contribution in [0.3, 0.4) is 0 Å². The van der Waals surface area contributed by atoms with E-state index in [1.165, 1.54) is 13.8 Å². The maximum atomic E-state index is 11.7. The van der Waals surface area contributed by atoms with E-state index in [1.807, 2.05) is 0 Å². The Morgan fingerprint density at radius 1 is 1.00 bits per heavy atom. The second-order valence-corrected chi connectivity index (χ2v) is 9.50. The van der Waals surface area contributed by atoms with Crippen LogP contribution < -0.4 is 10.6 Å². The van der Waals surface area contributed by atoms with Gasteiger partial charge in [-0.25, -0.2) is 0 Å². The highest BCUT2D eigenvalue weighted by Crippen LogP contribution is 2.42. The highest BCUT2D eigenvalue weighted by Gasteiger charge is 2.44. The topological polar surface area (TPSA) is 148 Å². The Labute approximate surface area is 189 Å². The van der Waals surface area contributed by atoms with Gasteiger partial charge >= 0.3 is 0 Å². The number of hydrogen-bond donors (Lipinski definition) is 6. The van der Waals surface area contributed by atoms with Gasteiger partial charge in [0.15, 0.2) is 0 Å². The number of thioether (sulfide) groups is 2. The van der Waals surface area contributed by atoms with Gasteiger partial charge in [-0.15, -0.1) is 11.8 Å². The van der Waals surface area contributed by atoms with Gasteiger partial charge in [0.2, 0.25) is 11.8 Å². The minimum Gasteiger partial charge on any atom is -0.394 e. The standard InChI is InChI=1S/C20H30N2O7S2/c1-4-5-6-30-15-8-16(13(22-11(3)25)7-12(15)21-10(2)24)31-20-19(28)18(27)17(26)14(9-23)29-20/h7-8,14,17-20,23,26-28H,4-6,9H2,1-3H3,(H,21,24)(H,22,25)/t14-,17+,18+,19-,20+/m1/s1. The van der Waals surface area contributed by atoms with E-state index in [9.17, 15) is 30.0 Å². The van der Waals surface area contributed by atoms with Crippen molar-refractivity contribution in [1.29, 1.82) is 0 Å². The molecule has 1 saturated heterocycles. The average molecular weight is 475 g/mol. The van der Waals surface area contributed by atoms with Crippen LogP contribution in [0.1, 0.15) is 33.6 Å².